The Morgan fingerprint density at radius 3 is 2.08 bits per heavy atom. The molecule has 5 rings (SSSR count). The van der Waals surface area contributed by atoms with Crippen molar-refractivity contribution in [3.63, 3.8) is 0 Å². The zero-order valence-electron chi connectivity index (χ0n) is 21.4. The maximum Gasteiger partial charge on any atom is 0.419 e. The molecule has 5 nitrogen and oxygen atoms in total. The van der Waals surface area contributed by atoms with Crippen molar-refractivity contribution in [1.29, 1.82) is 0 Å². The molecule has 1 saturated heterocycles. The van der Waals surface area contributed by atoms with Gasteiger partial charge in [-0.3, -0.25) is 9.36 Å². The molecule has 4 aromatic rings. The van der Waals surface area contributed by atoms with Crippen LogP contribution in [-0.4, -0.2) is 33.4 Å². The molecule has 0 atom stereocenters. The maximum absolute atomic E-state index is 14.5. The molecule has 40 heavy (non-hydrogen) atoms. The van der Waals surface area contributed by atoms with Crippen molar-refractivity contribution >= 4 is 16.9 Å². The quantitative estimate of drug-likeness (QED) is 0.280. The molecule has 3 aromatic carbocycles. The van der Waals surface area contributed by atoms with Crippen molar-refractivity contribution < 1.29 is 31.1 Å². The van der Waals surface area contributed by atoms with Crippen LogP contribution in [0.5, 0.6) is 0 Å². The highest BCUT2D eigenvalue weighted by Crippen LogP contribution is 2.42. The van der Waals surface area contributed by atoms with Gasteiger partial charge in [0, 0.05) is 19.1 Å². The molecule has 0 bridgehead atoms. The van der Waals surface area contributed by atoms with Crippen molar-refractivity contribution in [3.05, 3.63) is 93.4 Å². The number of nitrogens with zero attached hydrogens (tertiary/aromatic N) is 2. The number of carbonyl (C=O) groups is 1. The number of hydrogen-bond donors (Lipinski definition) is 1. The molecule has 11 heteroatoms. The van der Waals surface area contributed by atoms with Gasteiger partial charge in [-0.25, -0.2) is 4.79 Å². The molecule has 1 aliphatic rings. The standard InChI is InChI=1S/C29H25F6N3O2/c1-17-2-6-19(7-3-17)22-10-11-23-26(25(22)29(33,34)35)38(27(40)36-23)21-12-14-37(15-13-21)24(39)16-18-4-8-20(9-5-18)28(30,31)32/h2-11,21H,12-16H2,1H3,(H,36,40). The first kappa shape index (κ1) is 27.5. The van der Waals surface area contributed by atoms with Gasteiger partial charge in [0.2, 0.25) is 5.91 Å². The van der Waals surface area contributed by atoms with Crippen LogP contribution in [0.4, 0.5) is 26.3 Å². The second kappa shape index (κ2) is 10.2. The number of halogens is 6. The van der Waals surface area contributed by atoms with Crippen LogP contribution in [-0.2, 0) is 23.6 Å². The van der Waals surface area contributed by atoms with E-state index in [-0.39, 0.29) is 54.9 Å². The largest absolute Gasteiger partial charge is 0.419 e. The third-order valence-corrected chi connectivity index (χ3v) is 7.34. The Bertz CT molecular complexity index is 1590. The molecule has 0 radical (unpaired) electrons. The van der Waals surface area contributed by atoms with Gasteiger partial charge in [-0.2, -0.15) is 26.3 Å². The van der Waals surface area contributed by atoms with E-state index < -0.39 is 35.2 Å². The second-order valence-corrected chi connectivity index (χ2v) is 10.0. The summed E-state index contributed by atoms with van der Waals surface area (Å²) in [5.74, 6) is -0.304. The number of nitrogens with one attached hydrogen (secondary N) is 1. The van der Waals surface area contributed by atoms with Gasteiger partial charge in [0.1, 0.15) is 0 Å². The summed E-state index contributed by atoms with van der Waals surface area (Å²) in [7, 11) is 0. The van der Waals surface area contributed by atoms with Crippen molar-refractivity contribution in [1.82, 2.24) is 14.5 Å². The third-order valence-electron chi connectivity index (χ3n) is 7.34. The molecule has 1 aromatic heterocycles. The summed E-state index contributed by atoms with van der Waals surface area (Å²) in [4.78, 5) is 29.8. The molecule has 0 spiro atoms. The van der Waals surface area contributed by atoms with Gasteiger partial charge in [-0.1, -0.05) is 48.0 Å². The summed E-state index contributed by atoms with van der Waals surface area (Å²) in [6.07, 6.45) is -8.82. The summed E-state index contributed by atoms with van der Waals surface area (Å²) in [6.45, 7) is 2.23. The van der Waals surface area contributed by atoms with Crippen LogP contribution in [0.3, 0.4) is 0 Å². The summed E-state index contributed by atoms with van der Waals surface area (Å²) >= 11 is 0. The van der Waals surface area contributed by atoms with Crippen LogP contribution in [0.2, 0.25) is 0 Å². The first-order valence-electron chi connectivity index (χ1n) is 12.7. The molecule has 210 valence electrons. The number of likely N-dealkylation sites (tertiary alicyclic amines) is 1. The predicted octanol–water partition coefficient (Wildman–Crippen LogP) is 6.75. The smallest absolute Gasteiger partial charge is 0.342 e. The van der Waals surface area contributed by atoms with Gasteiger partial charge in [-0.05, 0) is 54.7 Å². The molecule has 1 amide bonds. The molecule has 0 aliphatic carbocycles. The molecular formula is C29H25F6N3O2. The maximum atomic E-state index is 14.5. The monoisotopic (exact) mass is 561 g/mol. The van der Waals surface area contributed by atoms with E-state index >= 15 is 0 Å². The number of imidazole rings is 1. The molecule has 0 unspecified atom stereocenters. The fourth-order valence-corrected chi connectivity index (χ4v) is 5.30. The normalized spacial score (nSPS) is 15.1. The van der Waals surface area contributed by atoms with Crippen molar-refractivity contribution in [2.24, 2.45) is 0 Å². The fraction of sp³-hybridized carbons (Fsp3) is 0.310. The van der Waals surface area contributed by atoms with Crippen molar-refractivity contribution in [3.8, 4) is 11.1 Å². The first-order valence-corrected chi connectivity index (χ1v) is 12.7. The number of piperidine rings is 1. The van der Waals surface area contributed by atoms with E-state index in [9.17, 15) is 35.9 Å². The average Bonchev–Trinajstić information content (AvgIpc) is 3.23. The Morgan fingerprint density at radius 1 is 0.875 bits per heavy atom. The SMILES string of the molecule is Cc1ccc(-c2ccc3[nH]c(=O)n(C4CCN(C(=O)Cc5ccc(C(F)(F)F)cc5)CC4)c3c2C(F)(F)F)cc1. The minimum absolute atomic E-state index is 0.0306. The Balaban J connectivity index is 1.40. The molecule has 1 fully saturated rings. The van der Waals surface area contributed by atoms with Crippen molar-refractivity contribution in [2.45, 2.75) is 44.6 Å². The van der Waals surface area contributed by atoms with E-state index in [1.807, 2.05) is 6.92 Å². The van der Waals surface area contributed by atoms with Crippen LogP contribution in [0.25, 0.3) is 22.2 Å². The lowest BCUT2D eigenvalue weighted by Gasteiger charge is -2.33. The topological polar surface area (TPSA) is 58.1 Å². The van der Waals surface area contributed by atoms with E-state index in [4.69, 9.17) is 0 Å². The van der Waals surface area contributed by atoms with Crippen LogP contribution in [0.1, 0.15) is 41.1 Å². The zero-order chi connectivity index (χ0) is 28.8. The lowest BCUT2D eigenvalue weighted by Crippen LogP contribution is -2.41. The number of amides is 1. The lowest BCUT2D eigenvalue weighted by molar-refractivity contribution is -0.138. The number of aromatic amines is 1. The highest BCUT2D eigenvalue weighted by atomic mass is 19.4. The van der Waals surface area contributed by atoms with Crippen LogP contribution in [0.15, 0.2) is 65.5 Å². The number of fused-ring (bicyclic) bond motifs is 1. The van der Waals surface area contributed by atoms with Crippen molar-refractivity contribution in [2.75, 3.05) is 13.1 Å². The van der Waals surface area contributed by atoms with Gasteiger partial charge >= 0.3 is 18.0 Å². The third kappa shape index (κ3) is 5.37. The predicted molar refractivity (Wildman–Crippen MR) is 138 cm³/mol. The summed E-state index contributed by atoms with van der Waals surface area (Å²) in [5.41, 5.74) is -0.829. The van der Waals surface area contributed by atoms with E-state index in [1.165, 1.54) is 29.2 Å². The minimum Gasteiger partial charge on any atom is -0.342 e. The van der Waals surface area contributed by atoms with E-state index in [1.54, 1.807) is 24.3 Å². The molecule has 0 saturated carbocycles. The van der Waals surface area contributed by atoms with Gasteiger partial charge in [-0.15, -0.1) is 0 Å². The molecule has 1 aliphatic heterocycles. The van der Waals surface area contributed by atoms with E-state index in [0.717, 1.165) is 22.3 Å². The van der Waals surface area contributed by atoms with E-state index in [0.29, 0.717) is 11.1 Å². The number of hydrogen-bond acceptors (Lipinski definition) is 2. The molecular weight excluding hydrogens is 536 g/mol. The Kier molecular flexibility index (Phi) is 7.01. The number of alkyl halides is 6. The van der Waals surface area contributed by atoms with Gasteiger partial charge in [0.25, 0.3) is 0 Å². The molecule has 2 heterocycles. The van der Waals surface area contributed by atoms with Gasteiger partial charge in [0.05, 0.1) is 28.6 Å². The van der Waals surface area contributed by atoms with Crippen LogP contribution < -0.4 is 5.69 Å². The first-order chi connectivity index (χ1) is 18.8. The van der Waals surface area contributed by atoms with Gasteiger partial charge < -0.3 is 9.88 Å². The number of carbonyl (C=O) groups excluding carboxylic acids is 1. The number of benzene rings is 3. The van der Waals surface area contributed by atoms with Crippen LogP contribution in [0, 0.1) is 6.92 Å². The highest BCUT2D eigenvalue weighted by Gasteiger charge is 2.39. The number of rotatable bonds is 4. The second-order valence-electron chi connectivity index (χ2n) is 10.0. The number of aromatic nitrogens is 2. The Morgan fingerprint density at radius 2 is 1.50 bits per heavy atom. The lowest BCUT2D eigenvalue weighted by atomic mass is 9.96. The summed E-state index contributed by atoms with van der Waals surface area (Å²) in [6, 6.07) is 13.3. The molecule has 1 N–H and O–H groups in total. The summed E-state index contributed by atoms with van der Waals surface area (Å²) in [5, 5.41) is 0. The average molecular weight is 562 g/mol. The Labute approximate surface area is 225 Å². The van der Waals surface area contributed by atoms with E-state index in [2.05, 4.69) is 4.98 Å². The Hall–Kier alpha value is -4.02. The van der Waals surface area contributed by atoms with Gasteiger partial charge in [0.15, 0.2) is 0 Å². The number of H-pyrrole nitrogens is 1. The summed E-state index contributed by atoms with van der Waals surface area (Å²) < 4.78 is 83.1. The minimum atomic E-state index is -4.74. The van der Waals surface area contributed by atoms with Crippen LogP contribution >= 0.6 is 0 Å². The number of aryl methyl sites for hydroxylation is 1. The highest BCUT2D eigenvalue weighted by molar-refractivity contribution is 5.88. The fourth-order valence-electron chi connectivity index (χ4n) is 5.30. The zero-order valence-corrected chi connectivity index (χ0v) is 21.4.